The van der Waals surface area contributed by atoms with Gasteiger partial charge < -0.3 is 5.73 Å². The van der Waals surface area contributed by atoms with Crippen LogP contribution in [-0.4, -0.2) is 30.4 Å². The number of benzene rings is 1. The third-order valence-corrected chi connectivity index (χ3v) is 3.43. The van der Waals surface area contributed by atoms with Crippen molar-refractivity contribution < 1.29 is 4.39 Å². The van der Waals surface area contributed by atoms with Crippen molar-refractivity contribution in [1.82, 2.24) is 4.90 Å². The minimum atomic E-state index is -0.189. The molecule has 0 aromatic heterocycles. The summed E-state index contributed by atoms with van der Waals surface area (Å²) in [5, 5.41) is 7.19. The number of rotatable bonds is 5. The van der Waals surface area contributed by atoms with Crippen LogP contribution in [0.15, 0.2) is 30.3 Å². The monoisotopic (exact) mass is 261 g/mol. The van der Waals surface area contributed by atoms with Crippen molar-refractivity contribution in [1.29, 1.82) is 5.41 Å². The molecule has 1 heterocycles. The molecule has 1 aliphatic heterocycles. The van der Waals surface area contributed by atoms with Gasteiger partial charge in [0.1, 0.15) is 5.82 Å². The number of halogens is 1. The molecule has 0 atom stereocenters. The molecule has 1 aliphatic rings. The van der Waals surface area contributed by atoms with E-state index in [-0.39, 0.29) is 11.7 Å². The summed E-state index contributed by atoms with van der Waals surface area (Å²) in [7, 11) is 0. The SMILES string of the molecule is N=C(N)CCCN1CC=C(c2ccc(F)cc2)CC1. The first-order valence-corrected chi connectivity index (χ1v) is 6.65. The lowest BCUT2D eigenvalue weighted by molar-refractivity contribution is 0.300. The van der Waals surface area contributed by atoms with E-state index < -0.39 is 0 Å². The predicted molar refractivity (Wildman–Crippen MR) is 76.6 cm³/mol. The zero-order chi connectivity index (χ0) is 13.7. The van der Waals surface area contributed by atoms with Crippen molar-refractivity contribution in [3.63, 3.8) is 0 Å². The standard InChI is InChI=1S/C15H20FN3/c16-14-5-3-12(4-6-14)13-7-10-19(11-8-13)9-1-2-15(17)18/h3-7H,1-2,8-11H2,(H3,17,18). The molecule has 0 saturated carbocycles. The summed E-state index contributed by atoms with van der Waals surface area (Å²) in [6.45, 7) is 2.92. The zero-order valence-electron chi connectivity index (χ0n) is 11.0. The molecule has 4 heteroatoms. The smallest absolute Gasteiger partial charge is 0.123 e. The highest BCUT2D eigenvalue weighted by Crippen LogP contribution is 2.22. The van der Waals surface area contributed by atoms with Gasteiger partial charge in [-0.05, 0) is 42.7 Å². The lowest BCUT2D eigenvalue weighted by atomic mass is 9.99. The van der Waals surface area contributed by atoms with E-state index in [9.17, 15) is 4.39 Å². The van der Waals surface area contributed by atoms with Crippen molar-refractivity contribution >= 4 is 11.4 Å². The first kappa shape index (κ1) is 13.7. The second-order valence-corrected chi connectivity index (χ2v) is 4.92. The number of hydrogen-bond acceptors (Lipinski definition) is 2. The van der Waals surface area contributed by atoms with Gasteiger partial charge in [-0.15, -0.1) is 0 Å². The van der Waals surface area contributed by atoms with E-state index in [0.29, 0.717) is 6.42 Å². The van der Waals surface area contributed by atoms with Gasteiger partial charge in [0.2, 0.25) is 0 Å². The molecule has 19 heavy (non-hydrogen) atoms. The van der Waals surface area contributed by atoms with E-state index in [1.807, 2.05) is 12.1 Å². The minimum Gasteiger partial charge on any atom is -0.388 e. The lowest BCUT2D eigenvalue weighted by Gasteiger charge is -2.26. The molecule has 1 aromatic carbocycles. The molecule has 0 saturated heterocycles. The van der Waals surface area contributed by atoms with Crippen LogP contribution in [0.4, 0.5) is 4.39 Å². The molecule has 0 spiro atoms. The minimum absolute atomic E-state index is 0.189. The molecule has 0 bridgehead atoms. The molecule has 0 aliphatic carbocycles. The van der Waals surface area contributed by atoms with Gasteiger partial charge in [0.15, 0.2) is 0 Å². The quantitative estimate of drug-likeness (QED) is 0.632. The number of nitrogens with two attached hydrogens (primary N) is 1. The Morgan fingerprint density at radius 1 is 1.32 bits per heavy atom. The fraction of sp³-hybridized carbons (Fsp3) is 0.400. The van der Waals surface area contributed by atoms with Gasteiger partial charge in [0, 0.05) is 19.5 Å². The van der Waals surface area contributed by atoms with Crippen molar-refractivity contribution in [3.05, 3.63) is 41.7 Å². The molecule has 102 valence electrons. The normalized spacial score (nSPS) is 16.2. The Labute approximate surface area is 113 Å². The average Bonchev–Trinajstić information content (AvgIpc) is 2.40. The van der Waals surface area contributed by atoms with Crippen LogP contribution >= 0.6 is 0 Å². The Morgan fingerprint density at radius 2 is 2.05 bits per heavy atom. The first-order chi connectivity index (χ1) is 9.15. The fourth-order valence-electron chi connectivity index (χ4n) is 2.33. The van der Waals surface area contributed by atoms with Crippen LogP contribution in [-0.2, 0) is 0 Å². The van der Waals surface area contributed by atoms with Gasteiger partial charge in [-0.25, -0.2) is 4.39 Å². The molecule has 0 fully saturated rings. The summed E-state index contributed by atoms with van der Waals surface area (Å²) in [5.74, 6) is 0.0746. The van der Waals surface area contributed by atoms with Crippen LogP contribution < -0.4 is 5.73 Å². The highest BCUT2D eigenvalue weighted by atomic mass is 19.1. The Hall–Kier alpha value is -1.68. The van der Waals surface area contributed by atoms with E-state index in [1.165, 1.54) is 17.7 Å². The van der Waals surface area contributed by atoms with Crippen LogP contribution in [0, 0.1) is 11.2 Å². The average molecular weight is 261 g/mol. The molecule has 2 rings (SSSR count). The fourth-order valence-corrected chi connectivity index (χ4v) is 2.33. The molecular weight excluding hydrogens is 241 g/mol. The zero-order valence-corrected chi connectivity index (χ0v) is 11.0. The maximum atomic E-state index is 12.9. The van der Waals surface area contributed by atoms with Gasteiger partial charge in [-0.1, -0.05) is 18.2 Å². The molecule has 0 unspecified atom stereocenters. The van der Waals surface area contributed by atoms with Gasteiger partial charge >= 0.3 is 0 Å². The Bertz CT molecular complexity index is 465. The molecule has 3 nitrogen and oxygen atoms in total. The topological polar surface area (TPSA) is 53.1 Å². The number of nitrogens with zero attached hydrogens (tertiary/aromatic N) is 1. The number of hydrogen-bond donors (Lipinski definition) is 2. The summed E-state index contributed by atoms with van der Waals surface area (Å²) in [6.07, 6.45) is 4.82. The summed E-state index contributed by atoms with van der Waals surface area (Å²) < 4.78 is 12.9. The molecule has 1 aromatic rings. The van der Waals surface area contributed by atoms with Crippen molar-refractivity contribution in [2.45, 2.75) is 19.3 Å². The summed E-state index contributed by atoms with van der Waals surface area (Å²) >= 11 is 0. The highest BCUT2D eigenvalue weighted by molar-refractivity contribution is 5.76. The van der Waals surface area contributed by atoms with E-state index in [2.05, 4.69) is 11.0 Å². The maximum Gasteiger partial charge on any atom is 0.123 e. The van der Waals surface area contributed by atoms with Crippen LogP contribution in [0.3, 0.4) is 0 Å². The Morgan fingerprint density at radius 3 is 2.63 bits per heavy atom. The molecule has 0 amide bonds. The Balaban J connectivity index is 1.85. The third-order valence-electron chi connectivity index (χ3n) is 3.43. The van der Waals surface area contributed by atoms with Gasteiger partial charge in [0.05, 0.1) is 5.84 Å². The largest absolute Gasteiger partial charge is 0.388 e. The number of nitrogens with one attached hydrogen (secondary N) is 1. The molecular formula is C15H20FN3. The second kappa shape index (κ2) is 6.48. The highest BCUT2D eigenvalue weighted by Gasteiger charge is 2.12. The van der Waals surface area contributed by atoms with Crippen molar-refractivity contribution in [2.75, 3.05) is 19.6 Å². The van der Waals surface area contributed by atoms with Crippen LogP contribution in [0.1, 0.15) is 24.8 Å². The van der Waals surface area contributed by atoms with E-state index in [1.54, 1.807) is 0 Å². The van der Waals surface area contributed by atoms with Crippen LogP contribution in [0.25, 0.3) is 5.57 Å². The molecule has 3 N–H and O–H groups in total. The van der Waals surface area contributed by atoms with Crippen LogP contribution in [0.5, 0.6) is 0 Å². The number of amidine groups is 1. The lowest BCUT2D eigenvalue weighted by Crippen LogP contribution is -2.30. The molecule has 0 radical (unpaired) electrons. The van der Waals surface area contributed by atoms with E-state index in [0.717, 1.165) is 38.0 Å². The summed E-state index contributed by atoms with van der Waals surface area (Å²) in [5.41, 5.74) is 7.75. The van der Waals surface area contributed by atoms with E-state index in [4.69, 9.17) is 11.1 Å². The van der Waals surface area contributed by atoms with Crippen molar-refractivity contribution in [3.8, 4) is 0 Å². The Kier molecular flexibility index (Phi) is 4.68. The third kappa shape index (κ3) is 4.17. The first-order valence-electron chi connectivity index (χ1n) is 6.65. The van der Waals surface area contributed by atoms with Crippen molar-refractivity contribution in [2.24, 2.45) is 5.73 Å². The van der Waals surface area contributed by atoms with Crippen LogP contribution in [0.2, 0.25) is 0 Å². The van der Waals surface area contributed by atoms with Gasteiger partial charge in [-0.2, -0.15) is 0 Å². The predicted octanol–water partition coefficient (Wildman–Crippen LogP) is 2.63. The summed E-state index contributed by atoms with van der Waals surface area (Å²) in [6, 6.07) is 6.70. The second-order valence-electron chi connectivity index (χ2n) is 4.92. The van der Waals surface area contributed by atoms with Gasteiger partial charge in [-0.3, -0.25) is 10.3 Å². The van der Waals surface area contributed by atoms with Gasteiger partial charge in [0.25, 0.3) is 0 Å². The maximum absolute atomic E-state index is 12.9. The van der Waals surface area contributed by atoms with E-state index >= 15 is 0 Å². The summed E-state index contributed by atoms with van der Waals surface area (Å²) in [4.78, 5) is 2.36.